The molecule has 1 atom stereocenters. The molecule has 1 unspecified atom stereocenters. The Morgan fingerprint density at radius 1 is 0.733 bits per heavy atom. The average Bonchev–Trinajstić information content (AvgIpc) is 2.63. The van der Waals surface area contributed by atoms with Gasteiger partial charge < -0.3 is 26.4 Å². The molecule has 0 aliphatic rings. The summed E-state index contributed by atoms with van der Waals surface area (Å²) in [5, 5.41) is 0. The number of phosphoric acid groups is 1. The molecule has 0 heterocycles. The lowest BCUT2D eigenvalue weighted by Crippen LogP contribution is -3.00. The quantitative estimate of drug-likeness (QED) is 0.109. The summed E-state index contributed by atoms with van der Waals surface area (Å²) in [5.41, 5.74) is 0. The van der Waals surface area contributed by atoms with Gasteiger partial charge in [-0.15, -0.1) is 0 Å². The number of rotatable bonds is 21. The van der Waals surface area contributed by atoms with Crippen molar-refractivity contribution in [2.75, 3.05) is 40.9 Å². The van der Waals surface area contributed by atoms with E-state index in [1.165, 1.54) is 70.6 Å². The number of hydrogen-bond donors (Lipinski definition) is 1. The zero-order chi connectivity index (χ0) is 21.8. The van der Waals surface area contributed by atoms with Crippen molar-refractivity contribution < 1.29 is 40.0 Å². The smallest absolute Gasteiger partial charge is 0.472 e. The Morgan fingerprint density at radius 2 is 1.17 bits per heavy atom. The Bertz CT molecular complexity index is 441. The van der Waals surface area contributed by atoms with Crippen molar-refractivity contribution in [1.82, 2.24) is 0 Å². The molecule has 0 rings (SSSR count). The van der Waals surface area contributed by atoms with E-state index >= 15 is 0 Å². The van der Waals surface area contributed by atoms with Crippen molar-refractivity contribution in [3.8, 4) is 0 Å². The number of nitrogens with zero attached hydrogens (tertiary/aromatic N) is 1. The van der Waals surface area contributed by atoms with Crippen LogP contribution >= 0.6 is 7.82 Å². The van der Waals surface area contributed by atoms with Gasteiger partial charge >= 0.3 is 7.82 Å². The van der Waals surface area contributed by atoms with Gasteiger partial charge in [0, 0.05) is 0 Å². The molecule has 0 aliphatic carbocycles. The summed E-state index contributed by atoms with van der Waals surface area (Å²) < 4.78 is 22.5. The summed E-state index contributed by atoms with van der Waals surface area (Å²) >= 11 is 0. The molecule has 0 fully saturated rings. The predicted molar refractivity (Wildman–Crippen MR) is 124 cm³/mol. The molecule has 30 heavy (non-hydrogen) atoms. The number of unbranched alkanes of at least 4 members (excludes halogenated alkanes) is 12. The first kappa shape index (κ1) is 32.5. The van der Waals surface area contributed by atoms with Crippen molar-refractivity contribution in [2.45, 2.75) is 96.8 Å². The molecular weight excluding hydrogens is 465 g/mol. The van der Waals surface area contributed by atoms with Crippen molar-refractivity contribution in [2.24, 2.45) is 0 Å². The first-order chi connectivity index (χ1) is 13.8. The van der Waals surface area contributed by atoms with Gasteiger partial charge in [-0.3, -0.25) is 9.05 Å². The van der Waals surface area contributed by atoms with E-state index in [4.69, 9.17) is 9.05 Å². The highest BCUT2D eigenvalue weighted by molar-refractivity contribution is 7.47. The largest absolute Gasteiger partial charge is 1.00 e. The molecule has 0 bridgehead atoms. The molecular formula is C23H49BrNO4P. The van der Waals surface area contributed by atoms with E-state index < -0.39 is 7.82 Å². The summed E-state index contributed by atoms with van der Waals surface area (Å²) in [6.07, 6.45) is 22.1. The van der Waals surface area contributed by atoms with E-state index in [1.807, 2.05) is 21.1 Å². The topological polar surface area (TPSA) is 55.8 Å². The van der Waals surface area contributed by atoms with Gasteiger partial charge in [0.1, 0.15) is 13.2 Å². The van der Waals surface area contributed by atoms with Crippen LogP contribution in [0, 0.1) is 0 Å². The zero-order valence-corrected chi connectivity index (χ0v) is 22.6. The third kappa shape index (κ3) is 26.3. The molecule has 0 saturated heterocycles. The van der Waals surface area contributed by atoms with Crippen LogP contribution in [0.2, 0.25) is 0 Å². The van der Waals surface area contributed by atoms with E-state index in [2.05, 4.69) is 19.1 Å². The van der Waals surface area contributed by atoms with Crippen LogP contribution in [0.4, 0.5) is 0 Å². The van der Waals surface area contributed by atoms with Crippen LogP contribution < -0.4 is 17.0 Å². The molecule has 0 aromatic carbocycles. The van der Waals surface area contributed by atoms with E-state index in [-0.39, 0.29) is 23.6 Å². The van der Waals surface area contributed by atoms with Gasteiger partial charge in [0.15, 0.2) is 0 Å². The number of allylic oxidation sites excluding steroid dienone is 2. The normalized spacial score (nSPS) is 14.0. The summed E-state index contributed by atoms with van der Waals surface area (Å²) in [4.78, 5) is 9.63. The van der Waals surface area contributed by atoms with Crippen LogP contribution in [-0.2, 0) is 13.6 Å². The number of likely N-dealkylation sites (N-methyl/N-ethyl adjacent to an activating group) is 1. The second-order valence-corrected chi connectivity index (χ2v) is 10.5. The van der Waals surface area contributed by atoms with Gasteiger partial charge in [-0.1, -0.05) is 76.9 Å². The van der Waals surface area contributed by atoms with Gasteiger partial charge in [-0.2, -0.15) is 0 Å². The van der Waals surface area contributed by atoms with E-state index in [9.17, 15) is 9.46 Å². The third-order valence-corrected chi connectivity index (χ3v) is 5.94. The average molecular weight is 515 g/mol. The number of hydrogen-bond acceptors (Lipinski definition) is 3. The fraction of sp³-hybridized carbons (Fsp3) is 0.913. The van der Waals surface area contributed by atoms with Crippen LogP contribution in [0.1, 0.15) is 96.8 Å². The van der Waals surface area contributed by atoms with Crippen molar-refractivity contribution >= 4 is 7.82 Å². The highest BCUT2D eigenvalue weighted by Gasteiger charge is 2.21. The molecule has 7 heteroatoms. The van der Waals surface area contributed by atoms with Crippen molar-refractivity contribution in [3.05, 3.63) is 12.2 Å². The van der Waals surface area contributed by atoms with Crippen LogP contribution in [0.25, 0.3) is 0 Å². The summed E-state index contributed by atoms with van der Waals surface area (Å²) in [6.45, 7) is 3.45. The Morgan fingerprint density at radius 3 is 1.67 bits per heavy atom. The Kier molecular flexibility index (Phi) is 22.9. The van der Waals surface area contributed by atoms with Crippen molar-refractivity contribution in [3.63, 3.8) is 0 Å². The second-order valence-electron chi connectivity index (χ2n) is 9.09. The predicted octanol–water partition coefficient (Wildman–Crippen LogP) is 3.87. The van der Waals surface area contributed by atoms with Gasteiger partial charge in [0.05, 0.1) is 27.7 Å². The van der Waals surface area contributed by atoms with Crippen molar-refractivity contribution in [1.29, 1.82) is 0 Å². The Hall–Kier alpha value is 0.290. The molecule has 0 radical (unpaired) electrons. The fourth-order valence-electron chi connectivity index (χ4n) is 3.00. The molecule has 0 amide bonds. The first-order valence-electron chi connectivity index (χ1n) is 11.8. The van der Waals surface area contributed by atoms with Crippen LogP contribution in [-0.4, -0.2) is 50.3 Å². The highest BCUT2D eigenvalue weighted by Crippen LogP contribution is 2.43. The van der Waals surface area contributed by atoms with E-state index in [1.54, 1.807) is 0 Å². The lowest BCUT2D eigenvalue weighted by atomic mass is 10.1. The molecule has 1 N–H and O–H groups in total. The highest BCUT2D eigenvalue weighted by atomic mass is 79.9. The Labute approximate surface area is 197 Å². The number of phosphoric ester groups is 1. The lowest BCUT2D eigenvalue weighted by Gasteiger charge is -2.24. The second kappa shape index (κ2) is 21.2. The third-order valence-electron chi connectivity index (χ3n) is 4.93. The molecule has 5 nitrogen and oxygen atoms in total. The van der Waals surface area contributed by atoms with Crippen LogP contribution in [0.3, 0.4) is 0 Å². The van der Waals surface area contributed by atoms with Crippen LogP contribution in [0.5, 0.6) is 0 Å². The molecule has 0 aromatic rings. The minimum atomic E-state index is -3.89. The molecule has 0 aromatic heterocycles. The van der Waals surface area contributed by atoms with E-state index in [0.717, 1.165) is 19.3 Å². The maximum atomic E-state index is 11.8. The SMILES string of the molecule is CCCCCCCC/C=C\CCCCCCCCOP(=O)(O)OCC[N+](C)(C)C.[Br-]. The molecule has 0 spiro atoms. The molecule has 0 saturated carbocycles. The fourth-order valence-corrected chi connectivity index (χ4v) is 3.74. The van der Waals surface area contributed by atoms with Gasteiger partial charge in [-0.25, -0.2) is 4.57 Å². The summed E-state index contributed by atoms with van der Waals surface area (Å²) in [7, 11) is 2.15. The Balaban J connectivity index is 0. The number of halogens is 1. The van der Waals surface area contributed by atoms with E-state index in [0.29, 0.717) is 17.6 Å². The first-order valence-corrected chi connectivity index (χ1v) is 13.3. The van der Waals surface area contributed by atoms with Gasteiger partial charge in [0.25, 0.3) is 0 Å². The monoisotopic (exact) mass is 513 g/mol. The number of quaternary nitrogens is 1. The summed E-state index contributed by atoms with van der Waals surface area (Å²) in [5.74, 6) is 0. The van der Waals surface area contributed by atoms with Gasteiger partial charge in [-0.05, 0) is 32.1 Å². The zero-order valence-electron chi connectivity index (χ0n) is 20.1. The van der Waals surface area contributed by atoms with Crippen LogP contribution in [0.15, 0.2) is 12.2 Å². The standard InChI is InChI=1S/C23H48NO4P.BrH/c1-5-6-7-8-9-10-11-12-13-14-15-16-17-18-19-20-22-27-29(25,26)28-23-21-24(2,3)4;/h12-13H,5-11,14-23H2,1-4H3;1H/b13-12-;. The summed E-state index contributed by atoms with van der Waals surface area (Å²) in [6, 6.07) is 0. The molecule has 0 aliphatic heterocycles. The maximum absolute atomic E-state index is 11.8. The minimum Gasteiger partial charge on any atom is -1.00 e. The lowest BCUT2D eigenvalue weighted by molar-refractivity contribution is -0.870. The minimum absolute atomic E-state index is 0. The van der Waals surface area contributed by atoms with Gasteiger partial charge in [0.2, 0.25) is 0 Å². The maximum Gasteiger partial charge on any atom is 0.472 e. The molecule has 182 valence electrons.